The largest absolute Gasteiger partial charge is 0.335 e. The number of nitrogens with zero attached hydrogens (tertiary/aromatic N) is 6. The van der Waals surface area contributed by atoms with Crippen molar-refractivity contribution in [1.82, 2.24) is 34.8 Å². The number of carbonyl (C=O) groups is 1. The average Bonchev–Trinajstić information content (AvgIpc) is 3.05. The third kappa shape index (κ3) is 2.76. The number of piperidine rings is 1. The number of halogens is 1. The van der Waals surface area contributed by atoms with E-state index in [0.29, 0.717) is 13.1 Å². The Bertz CT molecular complexity index is 645. The van der Waals surface area contributed by atoms with Crippen molar-refractivity contribution < 1.29 is 4.79 Å². The molecule has 1 atom stereocenters. The van der Waals surface area contributed by atoms with E-state index < -0.39 is 0 Å². The molecule has 1 aliphatic rings. The van der Waals surface area contributed by atoms with Gasteiger partial charge in [0, 0.05) is 26.1 Å². The van der Waals surface area contributed by atoms with Gasteiger partial charge >= 0.3 is 0 Å². The lowest BCUT2D eigenvalue weighted by Crippen LogP contribution is -2.40. The van der Waals surface area contributed by atoms with Crippen LogP contribution in [0.15, 0.2) is 0 Å². The topological polar surface area (TPSA) is 92.6 Å². The van der Waals surface area contributed by atoms with Crippen molar-refractivity contribution in [2.45, 2.75) is 25.7 Å². The van der Waals surface area contributed by atoms with Gasteiger partial charge in [0.05, 0.1) is 0 Å². The smallest absolute Gasteiger partial charge is 0.293 e. The van der Waals surface area contributed by atoms with Crippen LogP contribution >= 0.6 is 11.6 Å². The van der Waals surface area contributed by atoms with Gasteiger partial charge in [0.25, 0.3) is 5.91 Å². The molecular weight excluding hydrogens is 294 g/mol. The highest BCUT2D eigenvalue weighted by molar-refractivity contribution is 6.28. The molecule has 1 N–H and O–H groups in total. The maximum absolute atomic E-state index is 12.4. The molecule has 0 saturated carbocycles. The summed E-state index contributed by atoms with van der Waals surface area (Å²) in [6, 6.07) is 0. The highest BCUT2D eigenvalue weighted by atomic mass is 35.5. The van der Waals surface area contributed by atoms with Gasteiger partial charge < -0.3 is 4.90 Å². The maximum atomic E-state index is 12.4. The van der Waals surface area contributed by atoms with E-state index in [0.717, 1.165) is 24.5 Å². The highest BCUT2D eigenvalue weighted by Crippen LogP contribution is 2.25. The number of amides is 1. The molecule has 9 heteroatoms. The van der Waals surface area contributed by atoms with Gasteiger partial charge in [-0.25, -0.2) is 9.67 Å². The lowest BCUT2D eigenvalue weighted by Gasteiger charge is -2.30. The van der Waals surface area contributed by atoms with E-state index in [9.17, 15) is 4.79 Å². The van der Waals surface area contributed by atoms with Crippen LogP contribution in [0.25, 0.3) is 0 Å². The first-order valence-electron chi connectivity index (χ1n) is 6.79. The summed E-state index contributed by atoms with van der Waals surface area (Å²) in [5.41, 5.74) is 0. The first-order chi connectivity index (χ1) is 10.0. The lowest BCUT2D eigenvalue weighted by molar-refractivity contribution is 0.0692. The van der Waals surface area contributed by atoms with Gasteiger partial charge in [-0.05, 0) is 31.4 Å². The summed E-state index contributed by atoms with van der Waals surface area (Å²) >= 11 is 5.83. The molecular formula is C12H16ClN7O. The summed E-state index contributed by atoms with van der Waals surface area (Å²) in [4.78, 5) is 22.5. The Morgan fingerprint density at radius 3 is 2.86 bits per heavy atom. The molecule has 21 heavy (non-hydrogen) atoms. The van der Waals surface area contributed by atoms with Crippen molar-refractivity contribution in [2.75, 3.05) is 13.1 Å². The van der Waals surface area contributed by atoms with Crippen LogP contribution in [0.5, 0.6) is 0 Å². The molecule has 1 unspecified atom stereocenters. The molecule has 1 amide bonds. The van der Waals surface area contributed by atoms with E-state index in [2.05, 4.69) is 25.3 Å². The highest BCUT2D eigenvalue weighted by Gasteiger charge is 2.29. The van der Waals surface area contributed by atoms with E-state index in [1.165, 1.54) is 4.68 Å². The first-order valence-corrected chi connectivity index (χ1v) is 7.17. The van der Waals surface area contributed by atoms with Crippen LogP contribution in [-0.2, 0) is 7.05 Å². The number of carbonyl (C=O) groups excluding carboxylic acids is 1. The molecule has 1 saturated heterocycles. The van der Waals surface area contributed by atoms with Crippen LogP contribution in [0.2, 0.25) is 5.28 Å². The lowest BCUT2D eigenvalue weighted by atomic mass is 9.97. The van der Waals surface area contributed by atoms with Crippen molar-refractivity contribution in [3.63, 3.8) is 0 Å². The minimum atomic E-state index is -0.200. The van der Waals surface area contributed by atoms with Gasteiger partial charge in [0.1, 0.15) is 5.82 Å². The Kier molecular flexibility index (Phi) is 3.62. The van der Waals surface area contributed by atoms with Crippen molar-refractivity contribution >= 4 is 17.5 Å². The first kappa shape index (κ1) is 14.0. The third-order valence-electron chi connectivity index (χ3n) is 3.59. The molecule has 0 spiro atoms. The standard InChI is InChI=1S/C12H16ClN7O/c1-7-14-9(17-16-7)8-4-3-5-20(6-8)11(21)10-15-12(13)19(2)18-10/h8H,3-6H2,1-2H3,(H,14,16,17). The number of aryl methyl sites for hydroxylation is 2. The summed E-state index contributed by atoms with van der Waals surface area (Å²) in [5, 5.41) is 11.3. The fraction of sp³-hybridized carbons (Fsp3) is 0.583. The van der Waals surface area contributed by atoms with Crippen LogP contribution in [0.4, 0.5) is 0 Å². The number of nitrogens with one attached hydrogen (secondary N) is 1. The van der Waals surface area contributed by atoms with Gasteiger partial charge in [-0.3, -0.25) is 9.89 Å². The summed E-state index contributed by atoms with van der Waals surface area (Å²) in [6.45, 7) is 3.13. The van der Waals surface area contributed by atoms with Crippen LogP contribution in [0.3, 0.4) is 0 Å². The number of hydrogen-bond acceptors (Lipinski definition) is 5. The predicted molar refractivity (Wildman–Crippen MR) is 75.0 cm³/mol. The van der Waals surface area contributed by atoms with Crippen molar-refractivity contribution in [3.05, 3.63) is 22.8 Å². The molecule has 8 nitrogen and oxygen atoms in total. The van der Waals surface area contributed by atoms with Crippen molar-refractivity contribution in [1.29, 1.82) is 0 Å². The van der Waals surface area contributed by atoms with Gasteiger partial charge in [-0.2, -0.15) is 10.1 Å². The number of likely N-dealkylation sites (tertiary alicyclic amines) is 1. The van der Waals surface area contributed by atoms with Gasteiger partial charge in [0.2, 0.25) is 11.1 Å². The Hall–Kier alpha value is -1.96. The zero-order valence-corrected chi connectivity index (χ0v) is 12.6. The molecule has 3 heterocycles. The minimum Gasteiger partial charge on any atom is -0.335 e. The Morgan fingerprint density at radius 1 is 1.43 bits per heavy atom. The number of aromatic amines is 1. The maximum Gasteiger partial charge on any atom is 0.293 e. The molecule has 112 valence electrons. The van der Waals surface area contributed by atoms with Gasteiger partial charge in [-0.1, -0.05) is 0 Å². The molecule has 3 rings (SSSR count). The van der Waals surface area contributed by atoms with Gasteiger partial charge in [-0.15, -0.1) is 5.10 Å². The number of H-pyrrole nitrogens is 1. The van der Waals surface area contributed by atoms with E-state index in [4.69, 9.17) is 11.6 Å². The second kappa shape index (κ2) is 5.44. The second-order valence-electron chi connectivity index (χ2n) is 5.20. The zero-order valence-electron chi connectivity index (χ0n) is 11.9. The van der Waals surface area contributed by atoms with Crippen molar-refractivity contribution in [3.8, 4) is 0 Å². The van der Waals surface area contributed by atoms with E-state index in [-0.39, 0.29) is 22.9 Å². The van der Waals surface area contributed by atoms with Crippen molar-refractivity contribution in [2.24, 2.45) is 7.05 Å². The normalized spacial score (nSPS) is 19.0. The molecule has 2 aromatic heterocycles. The average molecular weight is 310 g/mol. The molecule has 0 aliphatic carbocycles. The van der Waals surface area contributed by atoms with Crippen LogP contribution in [-0.4, -0.2) is 53.8 Å². The van der Waals surface area contributed by atoms with Crippen LogP contribution < -0.4 is 0 Å². The zero-order chi connectivity index (χ0) is 15.0. The van der Waals surface area contributed by atoms with E-state index >= 15 is 0 Å². The second-order valence-corrected chi connectivity index (χ2v) is 5.54. The summed E-state index contributed by atoms with van der Waals surface area (Å²) < 4.78 is 1.38. The number of rotatable bonds is 2. The quantitative estimate of drug-likeness (QED) is 0.890. The molecule has 0 aromatic carbocycles. The Balaban J connectivity index is 1.75. The minimum absolute atomic E-state index is 0.134. The van der Waals surface area contributed by atoms with Gasteiger partial charge in [0.15, 0.2) is 5.82 Å². The van der Waals surface area contributed by atoms with E-state index in [1.807, 2.05) is 6.92 Å². The monoisotopic (exact) mass is 309 g/mol. The fourth-order valence-electron chi connectivity index (χ4n) is 2.51. The SMILES string of the molecule is Cc1nc(C2CCCN(C(=O)c3nc(Cl)n(C)n3)C2)n[nH]1. The van der Waals surface area contributed by atoms with Crippen LogP contribution in [0.1, 0.15) is 41.0 Å². The summed E-state index contributed by atoms with van der Waals surface area (Å²) in [7, 11) is 1.65. The fourth-order valence-corrected chi connectivity index (χ4v) is 2.63. The third-order valence-corrected chi connectivity index (χ3v) is 3.92. The van der Waals surface area contributed by atoms with Crippen LogP contribution in [0, 0.1) is 6.92 Å². The summed E-state index contributed by atoms with van der Waals surface area (Å²) in [6.07, 6.45) is 1.88. The Morgan fingerprint density at radius 2 is 2.24 bits per heavy atom. The predicted octanol–water partition coefficient (Wildman–Crippen LogP) is 0.915. The Labute approximate surface area is 126 Å². The molecule has 1 fully saturated rings. The molecule has 2 aromatic rings. The molecule has 0 radical (unpaired) electrons. The number of hydrogen-bond donors (Lipinski definition) is 1. The molecule has 1 aliphatic heterocycles. The van der Waals surface area contributed by atoms with E-state index in [1.54, 1.807) is 11.9 Å². The number of aromatic nitrogens is 6. The molecule has 0 bridgehead atoms. The summed E-state index contributed by atoms with van der Waals surface area (Å²) in [5.74, 6) is 1.62.